The van der Waals surface area contributed by atoms with Crippen LogP contribution >= 0.6 is 0 Å². The van der Waals surface area contributed by atoms with E-state index in [4.69, 9.17) is 9.84 Å². The van der Waals surface area contributed by atoms with Crippen molar-refractivity contribution in [3.63, 3.8) is 0 Å². The normalized spacial score (nSPS) is 9.56. The molecule has 16 heavy (non-hydrogen) atoms. The molecule has 1 aromatic rings. The first-order valence-corrected chi connectivity index (χ1v) is 5.07. The first-order valence-electron chi connectivity index (χ1n) is 5.07. The van der Waals surface area contributed by atoms with Crippen molar-refractivity contribution in [3.05, 3.63) is 24.3 Å². The molecule has 5 nitrogen and oxygen atoms in total. The largest absolute Gasteiger partial charge is 0.497 e. The summed E-state index contributed by atoms with van der Waals surface area (Å²) in [7, 11) is 1.63. The summed E-state index contributed by atoms with van der Waals surface area (Å²) in [4.78, 5) is 10.2. The van der Waals surface area contributed by atoms with E-state index in [1.165, 1.54) is 0 Å². The number of benzene rings is 1. The lowest BCUT2D eigenvalue weighted by molar-refractivity contribution is 0.194. The predicted molar refractivity (Wildman–Crippen MR) is 62.1 cm³/mol. The lowest BCUT2D eigenvalue weighted by atomic mass is 10.3. The first kappa shape index (κ1) is 12.2. The van der Waals surface area contributed by atoms with E-state index in [1.807, 2.05) is 24.3 Å². The van der Waals surface area contributed by atoms with Gasteiger partial charge in [-0.1, -0.05) is 0 Å². The van der Waals surface area contributed by atoms with Crippen LogP contribution in [-0.2, 0) is 0 Å². The van der Waals surface area contributed by atoms with Crippen LogP contribution in [0.5, 0.6) is 5.75 Å². The zero-order valence-electron chi connectivity index (χ0n) is 9.19. The maximum Gasteiger partial charge on any atom is 0.404 e. The van der Waals surface area contributed by atoms with Crippen LogP contribution in [0.15, 0.2) is 24.3 Å². The molecule has 0 aliphatic rings. The van der Waals surface area contributed by atoms with Crippen molar-refractivity contribution >= 4 is 11.8 Å². The lowest BCUT2D eigenvalue weighted by Crippen LogP contribution is -2.23. The maximum atomic E-state index is 10.2. The van der Waals surface area contributed by atoms with E-state index in [-0.39, 0.29) is 0 Å². The van der Waals surface area contributed by atoms with Gasteiger partial charge in [-0.2, -0.15) is 0 Å². The van der Waals surface area contributed by atoms with Gasteiger partial charge in [0.25, 0.3) is 0 Å². The van der Waals surface area contributed by atoms with E-state index >= 15 is 0 Å². The summed E-state index contributed by atoms with van der Waals surface area (Å²) in [5.74, 6) is 0.818. The molecule has 0 atom stereocenters. The number of nitrogens with one attached hydrogen (secondary N) is 2. The molecule has 0 radical (unpaired) electrons. The van der Waals surface area contributed by atoms with E-state index in [9.17, 15) is 4.79 Å². The lowest BCUT2D eigenvalue weighted by Gasteiger charge is -2.07. The van der Waals surface area contributed by atoms with Gasteiger partial charge < -0.3 is 20.5 Å². The zero-order valence-corrected chi connectivity index (χ0v) is 9.19. The molecule has 0 saturated carbocycles. The summed E-state index contributed by atoms with van der Waals surface area (Å²) in [6.07, 6.45) is -0.234. The van der Waals surface area contributed by atoms with Crippen molar-refractivity contribution in [2.24, 2.45) is 0 Å². The van der Waals surface area contributed by atoms with Gasteiger partial charge in [-0.15, -0.1) is 0 Å². The third-order valence-electron chi connectivity index (χ3n) is 2.05. The monoisotopic (exact) mass is 224 g/mol. The maximum absolute atomic E-state index is 10.2. The standard InChI is InChI=1S/C11H16N2O3/c1-16-10-5-3-9(4-6-10)12-7-2-8-13-11(14)15/h3-6,12-13H,2,7-8H2,1H3,(H,14,15). The molecule has 88 valence electrons. The summed E-state index contributed by atoms with van der Waals surface area (Å²) in [5.41, 5.74) is 0.996. The second kappa shape index (κ2) is 6.55. The van der Waals surface area contributed by atoms with Crippen molar-refractivity contribution in [2.45, 2.75) is 6.42 Å². The second-order valence-corrected chi connectivity index (χ2v) is 3.24. The van der Waals surface area contributed by atoms with Crippen molar-refractivity contribution < 1.29 is 14.6 Å². The van der Waals surface area contributed by atoms with Crippen LogP contribution < -0.4 is 15.4 Å². The first-order chi connectivity index (χ1) is 7.72. The highest BCUT2D eigenvalue weighted by Gasteiger charge is 1.95. The highest BCUT2D eigenvalue weighted by molar-refractivity contribution is 5.64. The molecule has 1 aromatic carbocycles. The molecule has 1 amide bonds. The number of carbonyl (C=O) groups is 1. The molecule has 0 aliphatic carbocycles. The van der Waals surface area contributed by atoms with Crippen molar-refractivity contribution in [1.82, 2.24) is 5.32 Å². The second-order valence-electron chi connectivity index (χ2n) is 3.24. The quantitative estimate of drug-likeness (QED) is 0.644. The Balaban J connectivity index is 2.19. The molecule has 0 saturated heterocycles. The minimum absolute atomic E-state index is 0.457. The highest BCUT2D eigenvalue weighted by Crippen LogP contribution is 2.14. The number of hydrogen-bond acceptors (Lipinski definition) is 3. The summed E-state index contributed by atoms with van der Waals surface area (Å²) in [6, 6.07) is 7.59. The van der Waals surface area contributed by atoms with Crippen LogP contribution in [0.3, 0.4) is 0 Å². The fraction of sp³-hybridized carbons (Fsp3) is 0.364. The summed E-state index contributed by atoms with van der Waals surface area (Å²) < 4.78 is 5.04. The molecule has 0 aromatic heterocycles. The number of carboxylic acid groups (broad SMARTS) is 1. The summed E-state index contributed by atoms with van der Waals surface area (Å²) in [6.45, 7) is 1.19. The number of ether oxygens (including phenoxy) is 1. The number of hydrogen-bond donors (Lipinski definition) is 3. The van der Waals surface area contributed by atoms with Crippen LogP contribution in [0.2, 0.25) is 0 Å². The minimum atomic E-state index is -0.982. The molecule has 3 N–H and O–H groups in total. The average molecular weight is 224 g/mol. The van der Waals surface area contributed by atoms with Gasteiger partial charge in [-0.3, -0.25) is 0 Å². The fourth-order valence-corrected chi connectivity index (χ4v) is 1.23. The number of amides is 1. The zero-order chi connectivity index (χ0) is 11.8. The van der Waals surface area contributed by atoms with Crippen LogP contribution in [0.25, 0.3) is 0 Å². The number of rotatable bonds is 6. The summed E-state index contributed by atoms with van der Waals surface area (Å²) in [5, 5.41) is 13.8. The fourth-order valence-electron chi connectivity index (χ4n) is 1.23. The number of anilines is 1. The topological polar surface area (TPSA) is 70.6 Å². The molecule has 0 heterocycles. The predicted octanol–water partition coefficient (Wildman–Crippen LogP) is 1.76. The third kappa shape index (κ3) is 4.54. The molecular formula is C11H16N2O3. The van der Waals surface area contributed by atoms with Crippen LogP contribution in [0.4, 0.5) is 10.5 Å². The van der Waals surface area contributed by atoms with Gasteiger partial charge in [-0.05, 0) is 30.7 Å². The molecule has 1 rings (SSSR count). The Bertz CT molecular complexity index is 325. The molecular weight excluding hydrogens is 208 g/mol. The van der Waals surface area contributed by atoms with Gasteiger partial charge >= 0.3 is 6.09 Å². The SMILES string of the molecule is COc1ccc(NCCCNC(=O)O)cc1. The van der Waals surface area contributed by atoms with E-state index < -0.39 is 6.09 Å². The van der Waals surface area contributed by atoms with E-state index in [2.05, 4.69) is 10.6 Å². The molecule has 5 heteroatoms. The van der Waals surface area contributed by atoms with Crippen molar-refractivity contribution in [2.75, 3.05) is 25.5 Å². The van der Waals surface area contributed by atoms with Gasteiger partial charge in [-0.25, -0.2) is 4.79 Å². The van der Waals surface area contributed by atoms with Gasteiger partial charge in [0.15, 0.2) is 0 Å². The van der Waals surface area contributed by atoms with Gasteiger partial charge in [0.2, 0.25) is 0 Å². The van der Waals surface area contributed by atoms with E-state index in [0.717, 1.165) is 24.4 Å². The van der Waals surface area contributed by atoms with Crippen LogP contribution in [0.1, 0.15) is 6.42 Å². The van der Waals surface area contributed by atoms with Gasteiger partial charge in [0, 0.05) is 18.8 Å². The Morgan fingerprint density at radius 2 is 2.00 bits per heavy atom. The molecule has 0 fully saturated rings. The Kier molecular flexibility index (Phi) is 4.98. The Morgan fingerprint density at radius 3 is 2.56 bits per heavy atom. The van der Waals surface area contributed by atoms with Gasteiger partial charge in [0.1, 0.15) is 5.75 Å². The Morgan fingerprint density at radius 1 is 1.31 bits per heavy atom. The van der Waals surface area contributed by atoms with Crippen LogP contribution in [0, 0.1) is 0 Å². The molecule has 0 bridgehead atoms. The molecule has 0 aliphatic heterocycles. The van der Waals surface area contributed by atoms with Crippen LogP contribution in [-0.4, -0.2) is 31.4 Å². The Labute approximate surface area is 94.4 Å². The average Bonchev–Trinajstić information content (AvgIpc) is 2.29. The third-order valence-corrected chi connectivity index (χ3v) is 2.05. The number of methoxy groups -OCH3 is 1. The van der Waals surface area contributed by atoms with Gasteiger partial charge in [0.05, 0.1) is 7.11 Å². The molecule has 0 spiro atoms. The van der Waals surface area contributed by atoms with Crippen molar-refractivity contribution in [1.29, 1.82) is 0 Å². The highest BCUT2D eigenvalue weighted by atomic mass is 16.5. The summed E-state index contributed by atoms with van der Waals surface area (Å²) >= 11 is 0. The van der Waals surface area contributed by atoms with Crippen molar-refractivity contribution in [3.8, 4) is 5.75 Å². The molecule has 0 unspecified atom stereocenters. The van der Waals surface area contributed by atoms with E-state index in [0.29, 0.717) is 6.54 Å². The smallest absolute Gasteiger partial charge is 0.404 e. The Hall–Kier alpha value is -1.91. The minimum Gasteiger partial charge on any atom is -0.497 e. The van der Waals surface area contributed by atoms with E-state index in [1.54, 1.807) is 7.11 Å².